The number of hydrogen-bond acceptors (Lipinski definition) is 3. The van der Waals surface area contributed by atoms with Gasteiger partial charge in [-0.2, -0.15) is 0 Å². The minimum Gasteiger partial charge on any atom is -0.507 e. The van der Waals surface area contributed by atoms with E-state index in [0.717, 1.165) is 66.8 Å². The van der Waals surface area contributed by atoms with Gasteiger partial charge in [-0.05, 0) is 126 Å². The molecule has 4 nitrogen and oxygen atoms in total. The number of hydrogen-bond donors (Lipinski definition) is 1. The van der Waals surface area contributed by atoms with Crippen LogP contribution >= 0.6 is 0 Å². The number of rotatable bonds is 7. The summed E-state index contributed by atoms with van der Waals surface area (Å²) in [6.07, 6.45) is 1.68. The number of phenolic OH excluding ortho intramolecular Hbond substituents is 1. The average Bonchev–Trinajstić information content (AvgIpc) is 4.00. The van der Waals surface area contributed by atoms with E-state index in [1.807, 2.05) is 36.4 Å². The third-order valence-electron chi connectivity index (χ3n) is 13.0. The Bertz CT molecular complexity index is 3610. The predicted molar refractivity (Wildman–Crippen MR) is 288 cm³/mol. The summed E-state index contributed by atoms with van der Waals surface area (Å²) in [5, 5.41) is 12.6. The molecule has 0 spiro atoms. The van der Waals surface area contributed by atoms with E-state index in [1.165, 1.54) is 17.7 Å². The third-order valence-corrected chi connectivity index (χ3v) is 13.0. The lowest BCUT2D eigenvalue weighted by molar-refractivity contribution is 0.446. The monoisotopic (exact) mass is 901 g/mol. The highest BCUT2D eigenvalue weighted by atomic mass is 16.3. The zero-order valence-corrected chi connectivity index (χ0v) is 40.5. The van der Waals surface area contributed by atoms with Crippen molar-refractivity contribution in [2.75, 3.05) is 0 Å². The Labute approximate surface area is 417 Å². The fourth-order valence-corrected chi connectivity index (χ4v) is 9.02. The second-order valence-corrected chi connectivity index (χ2v) is 21.1. The molecule has 4 heteroatoms. The molecule has 2 aromatic heterocycles. The molecule has 1 N–H and O–H groups in total. The SMILES string of the molecule is [2H]C([2H])([2H])C(c1ccc(-c2ccnc(-c3cc(-c4ccccc4)cc(-c4cccc5c4nc(-c4cc(C(C)(C)C)cc(C(C)(C)C)c4O)n5-c4ccc(C(C)(C)C)cc4-c4ccccc4)c3)c2)cc1)(C([2H])([2H])[2H])C([2H])([2H])[2H]. The molecule has 0 amide bonds. The Hall–Kier alpha value is -7.04. The summed E-state index contributed by atoms with van der Waals surface area (Å²) in [6.45, 7) is 9.43. The van der Waals surface area contributed by atoms with Crippen molar-refractivity contribution in [2.24, 2.45) is 0 Å². The number of pyridine rings is 1. The highest BCUT2D eigenvalue weighted by Gasteiger charge is 2.30. The fourth-order valence-electron chi connectivity index (χ4n) is 9.02. The summed E-state index contributed by atoms with van der Waals surface area (Å²) in [4.78, 5) is 10.5. The van der Waals surface area contributed by atoms with Crippen molar-refractivity contribution in [2.45, 2.75) is 105 Å². The first kappa shape index (κ1) is 36.1. The summed E-state index contributed by atoms with van der Waals surface area (Å²) >= 11 is 0. The fraction of sp³-hybridized carbons (Fsp3) is 0.250. The van der Waals surface area contributed by atoms with Crippen molar-refractivity contribution in [3.63, 3.8) is 0 Å². The summed E-state index contributed by atoms with van der Waals surface area (Å²) in [5.41, 5.74) is 10.3. The molecule has 0 aliphatic rings. The zero-order chi connectivity index (χ0) is 55.8. The maximum atomic E-state index is 12.6. The molecule has 0 radical (unpaired) electrons. The average molecular weight is 901 g/mol. The first-order chi connectivity index (χ1) is 35.9. The van der Waals surface area contributed by atoms with Crippen molar-refractivity contribution in [1.82, 2.24) is 14.5 Å². The second-order valence-electron chi connectivity index (χ2n) is 21.1. The highest BCUT2D eigenvalue weighted by molar-refractivity contribution is 5.98. The van der Waals surface area contributed by atoms with Crippen molar-refractivity contribution >= 4 is 11.0 Å². The van der Waals surface area contributed by atoms with Crippen LogP contribution in [0, 0.1) is 0 Å². The van der Waals surface area contributed by atoms with Crippen molar-refractivity contribution in [3.8, 4) is 78.6 Å². The number of nitrogens with zero attached hydrogens (tertiary/aromatic N) is 3. The summed E-state index contributed by atoms with van der Waals surface area (Å²) in [6, 6.07) is 53.3. The smallest absolute Gasteiger partial charge is 0.149 e. The normalized spacial score (nSPS) is 15.0. The lowest BCUT2D eigenvalue weighted by Crippen LogP contribution is -2.17. The highest BCUT2D eigenvalue weighted by Crippen LogP contribution is 2.46. The van der Waals surface area contributed by atoms with Gasteiger partial charge in [0.1, 0.15) is 11.6 Å². The second kappa shape index (κ2) is 17.2. The van der Waals surface area contributed by atoms with Crippen molar-refractivity contribution in [3.05, 3.63) is 192 Å². The van der Waals surface area contributed by atoms with Gasteiger partial charge in [0.2, 0.25) is 0 Å². The number of para-hydroxylation sites is 1. The Balaban J connectivity index is 1.29. The molecule has 68 heavy (non-hydrogen) atoms. The lowest BCUT2D eigenvalue weighted by atomic mass is 9.79. The van der Waals surface area contributed by atoms with Gasteiger partial charge in [-0.1, -0.05) is 192 Å². The van der Waals surface area contributed by atoms with E-state index < -0.39 is 31.4 Å². The molecule has 342 valence electrons. The molecule has 9 rings (SSSR count). The molecule has 0 bridgehead atoms. The Morgan fingerprint density at radius 3 is 1.69 bits per heavy atom. The topological polar surface area (TPSA) is 50.9 Å². The third kappa shape index (κ3) is 9.05. The predicted octanol–water partition coefficient (Wildman–Crippen LogP) is 17.3. The van der Waals surface area contributed by atoms with Gasteiger partial charge in [0.05, 0.1) is 28.0 Å². The maximum Gasteiger partial charge on any atom is 0.149 e. The molecule has 0 aliphatic carbocycles. The van der Waals surface area contributed by atoms with Crippen molar-refractivity contribution in [1.29, 1.82) is 0 Å². The van der Waals surface area contributed by atoms with Crippen LogP contribution < -0.4 is 0 Å². The van der Waals surface area contributed by atoms with Crippen LogP contribution in [0.3, 0.4) is 0 Å². The largest absolute Gasteiger partial charge is 0.507 e. The van der Waals surface area contributed by atoms with Gasteiger partial charge in [-0.15, -0.1) is 0 Å². The minimum absolute atomic E-state index is 0.145. The van der Waals surface area contributed by atoms with Gasteiger partial charge in [0.15, 0.2) is 0 Å². The number of phenols is 1. The van der Waals surface area contributed by atoms with Crippen LogP contribution in [0.15, 0.2) is 170 Å². The molecule has 0 aliphatic heterocycles. The van der Waals surface area contributed by atoms with Crippen LogP contribution in [-0.2, 0) is 21.7 Å². The van der Waals surface area contributed by atoms with Crippen molar-refractivity contribution < 1.29 is 17.4 Å². The quantitative estimate of drug-likeness (QED) is 0.173. The van der Waals surface area contributed by atoms with E-state index in [9.17, 15) is 5.11 Å². The van der Waals surface area contributed by atoms with E-state index in [0.29, 0.717) is 28.2 Å². The van der Waals surface area contributed by atoms with Crippen LogP contribution in [0.25, 0.3) is 83.9 Å². The molecule has 0 atom stereocenters. The molecule has 0 unspecified atom stereocenters. The van der Waals surface area contributed by atoms with Crippen LogP contribution in [0.2, 0.25) is 0 Å². The summed E-state index contributed by atoms with van der Waals surface area (Å²) in [7, 11) is 0. The van der Waals surface area contributed by atoms with E-state index in [1.54, 1.807) is 24.4 Å². The van der Waals surface area contributed by atoms with Gasteiger partial charge in [0, 0.05) is 40.8 Å². The number of benzene rings is 7. The molecule has 0 fully saturated rings. The van der Waals surface area contributed by atoms with E-state index in [2.05, 4.69) is 164 Å². The Kier molecular flexibility index (Phi) is 9.14. The molecule has 9 aromatic rings. The van der Waals surface area contributed by atoms with Gasteiger partial charge in [-0.25, -0.2) is 4.98 Å². The van der Waals surface area contributed by atoms with Gasteiger partial charge < -0.3 is 5.11 Å². The first-order valence-electron chi connectivity index (χ1n) is 27.8. The molecule has 0 saturated heterocycles. The molecular weight excluding hydrogens is 827 g/mol. The molecule has 2 heterocycles. The number of fused-ring (bicyclic) bond motifs is 1. The number of aromatic hydroxyl groups is 1. The minimum atomic E-state index is -3.38. The summed E-state index contributed by atoms with van der Waals surface area (Å²) in [5.74, 6) is 0.771. The van der Waals surface area contributed by atoms with Gasteiger partial charge in [0.25, 0.3) is 0 Å². The number of aromatic nitrogens is 3. The van der Waals surface area contributed by atoms with Crippen LogP contribution in [0.4, 0.5) is 0 Å². The van der Waals surface area contributed by atoms with Crippen LogP contribution in [0.1, 0.15) is 117 Å². The van der Waals surface area contributed by atoms with Gasteiger partial charge in [-0.3, -0.25) is 9.55 Å². The lowest BCUT2D eigenvalue weighted by Gasteiger charge is -2.28. The molecule has 7 aromatic carbocycles. The van der Waals surface area contributed by atoms with E-state index in [-0.39, 0.29) is 22.1 Å². The van der Waals surface area contributed by atoms with Gasteiger partial charge >= 0.3 is 0 Å². The van der Waals surface area contributed by atoms with E-state index >= 15 is 0 Å². The summed E-state index contributed by atoms with van der Waals surface area (Å²) < 4.78 is 76.4. The standard InChI is InChI=1S/C64H65N3O/c1-61(2,3)48-28-26-42(27-29-48)44-32-33-65-55(37-44)47-35-45(41-20-15-13-16-21-41)34-46(36-47)51-24-19-25-57-58(51)66-60(53-39-50(63(7,8)9)40-54(59(53)68)64(10,11)12)67(57)56-31-30-49(62(4,5)6)38-52(56)43-22-17-14-18-23-43/h13-40,68H,1-12H3/i1D3,2D3,3D3. The van der Waals surface area contributed by atoms with E-state index in [4.69, 9.17) is 22.3 Å². The molecular formula is C64H65N3O. The van der Waals surface area contributed by atoms with Crippen LogP contribution in [0.5, 0.6) is 5.75 Å². The Morgan fingerprint density at radius 2 is 1.04 bits per heavy atom. The number of imidazole rings is 1. The maximum absolute atomic E-state index is 12.6. The first-order valence-corrected chi connectivity index (χ1v) is 23.3. The Morgan fingerprint density at radius 1 is 0.441 bits per heavy atom. The molecule has 0 saturated carbocycles. The van der Waals surface area contributed by atoms with Crippen LogP contribution in [-0.4, -0.2) is 19.6 Å². The zero-order valence-electron chi connectivity index (χ0n) is 49.5.